The summed E-state index contributed by atoms with van der Waals surface area (Å²) in [4.78, 5) is 10.4. The number of carboxylic acid groups (broad SMARTS) is 1. The predicted octanol–water partition coefficient (Wildman–Crippen LogP) is -0.346. The van der Waals surface area contributed by atoms with Crippen molar-refractivity contribution < 1.29 is 23.1 Å². The molecule has 106 valence electrons. The van der Waals surface area contributed by atoms with Crippen LogP contribution in [-0.2, 0) is 19.7 Å². The summed E-state index contributed by atoms with van der Waals surface area (Å²) in [5.74, 6) is -0.720. The molecular formula is C10H20N2O5S. The second-order valence-electron chi connectivity index (χ2n) is 4.37. The maximum Gasteiger partial charge on any atom is 0.304 e. The second-order valence-corrected chi connectivity index (χ2v) is 6.24. The van der Waals surface area contributed by atoms with Gasteiger partial charge in [-0.05, 0) is 18.8 Å². The van der Waals surface area contributed by atoms with Gasteiger partial charge < -0.3 is 9.84 Å². The quantitative estimate of drug-likeness (QED) is 0.665. The van der Waals surface area contributed by atoms with E-state index in [9.17, 15) is 13.2 Å². The number of carbonyl (C=O) groups is 1. The molecule has 0 radical (unpaired) electrons. The van der Waals surface area contributed by atoms with Crippen LogP contribution in [0.25, 0.3) is 0 Å². The summed E-state index contributed by atoms with van der Waals surface area (Å²) >= 11 is 0. The van der Waals surface area contributed by atoms with E-state index in [0.717, 1.165) is 17.1 Å². The highest BCUT2D eigenvalue weighted by atomic mass is 32.2. The van der Waals surface area contributed by atoms with Crippen molar-refractivity contribution in [1.82, 2.24) is 9.03 Å². The molecular weight excluding hydrogens is 260 g/mol. The van der Waals surface area contributed by atoms with Gasteiger partial charge in [0.2, 0.25) is 0 Å². The van der Waals surface area contributed by atoms with E-state index in [0.29, 0.717) is 25.7 Å². The molecule has 2 N–H and O–H groups in total. The second kappa shape index (κ2) is 7.03. The van der Waals surface area contributed by atoms with Gasteiger partial charge in [-0.3, -0.25) is 4.79 Å². The molecule has 7 nitrogen and oxygen atoms in total. The van der Waals surface area contributed by atoms with Gasteiger partial charge in [0, 0.05) is 33.4 Å². The maximum atomic E-state index is 11.8. The number of ether oxygens (including phenoxy) is 1. The fourth-order valence-corrected chi connectivity index (χ4v) is 2.66. The van der Waals surface area contributed by atoms with E-state index in [-0.39, 0.29) is 13.0 Å². The molecule has 18 heavy (non-hydrogen) atoms. The van der Waals surface area contributed by atoms with E-state index in [4.69, 9.17) is 9.84 Å². The van der Waals surface area contributed by atoms with Gasteiger partial charge in [0.25, 0.3) is 10.2 Å². The lowest BCUT2D eigenvalue weighted by atomic mass is 10.0. The number of rotatable bonds is 7. The van der Waals surface area contributed by atoms with Crippen molar-refractivity contribution in [3.63, 3.8) is 0 Å². The van der Waals surface area contributed by atoms with Crippen molar-refractivity contribution in [2.24, 2.45) is 5.92 Å². The highest BCUT2D eigenvalue weighted by molar-refractivity contribution is 7.87. The number of hydrogen-bond donors (Lipinski definition) is 2. The first-order valence-electron chi connectivity index (χ1n) is 5.92. The van der Waals surface area contributed by atoms with Crippen LogP contribution in [0.5, 0.6) is 0 Å². The van der Waals surface area contributed by atoms with Gasteiger partial charge in [-0.1, -0.05) is 0 Å². The number of carboxylic acids is 1. The molecule has 0 bridgehead atoms. The third-order valence-corrected chi connectivity index (χ3v) is 4.48. The first-order valence-corrected chi connectivity index (χ1v) is 7.36. The number of nitrogens with zero attached hydrogens (tertiary/aromatic N) is 1. The molecule has 0 saturated carbocycles. The molecule has 1 rings (SSSR count). The smallest absolute Gasteiger partial charge is 0.304 e. The zero-order chi connectivity index (χ0) is 13.6. The first kappa shape index (κ1) is 15.4. The molecule has 0 aromatic carbocycles. The predicted molar refractivity (Wildman–Crippen MR) is 65.3 cm³/mol. The monoisotopic (exact) mass is 280 g/mol. The molecule has 0 aromatic rings. The Balaban J connectivity index is 2.35. The van der Waals surface area contributed by atoms with Gasteiger partial charge in [-0.25, -0.2) is 4.72 Å². The van der Waals surface area contributed by atoms with Gasteiger partial charge in [0.1, 0.15) is 0 Å². The summed E-state index contributed by atoms with van der Waals surface area (Å²) < 4.78 is 32.3. The van der Waals surface area contributed by atoms with Crippen molar-refractivity contribution >= 4 is 16.2 Å². The first-order chi connectivity index (χ1) is 8.42. The SMILES string of the molecule is CN(CCC(=O)O)S(=O)(=O)NCC1CCOCC1. The van der Waals surface area contributed by atoms with E-state index in [1.54, 1.807) is 0 Å². The molecule has 0 atom stereocenters. The fourth-order valence-electron chi connectivity index (χ4n) is 1.66. The van der Waals surface area contributed by atoms with Crippen molar-refractivity contribution in [1.29, 1.82) is 0 Å². The van der Waals surface area contributed by atoms with Crippen molar-refractivity contribution in [3.8, 4) is 0 Å². The van der Waals surface area contributed by atoms with Crippen LogP contribution in [0.3, 0.4) is 0 Å². The van der Waals surface area contributed by atoms with Gasteiger partial charge in [-0.15, -0.1) is 0 Å². The summed E-state index contributed by atoms with van der Waals surface area (Å²) in [6.45, 7) is 1.68. The van der Waals surface area contributed by atoms with Crippen LogP contribution in [0.4, 0.5) is 0 Å². The molecule has 0 spiro atoms. The average molecular weight is 280 g/mol. The summed E-state index contributed by atoms with van der Waals surface area (Å²) in [6, 6.07) is 0. The summed E-state index contributed by atoms with van der Waals surface area (Å²) in [5, 5.41) is 8.51. The van der Waals surface area contributed by atoms with Gasteiger partial charge >= 0.3 is 5.97 Å². The van der Waals surface area contributed by atoms with Crippen LogP contribution in [0.1, 0.15) is 19.3 Å². The van der Waals surface area contributed by atoms with E-state index in [1.807, 2.05) is 0 Å². The molecule has 0 aliphatic carbocycles. The molecule has 1 aliphatic heterocycles. The van der Waals surface area contributed by atoms with Crippen molar-refractivity contribution in [3.05, 3.63) is 0 Å². The molecule has 1 saturated heterocycles. The van der Waals surface area contributed by atoms with Gasteiger partial charge in [0.05, 0.1) is 6.42 Å². The minimum atomic E-state index is -3.58. The highest BCUT2D eigenvalue weighted by Crippen LogP contribution is 2.13. The lowest BCUT2D eigenvalue weighted by Crippen LogP contribution is -2.41. The third-order valence-electron chi connectivity index (χ3n) is 2.95. The van der Waals surface area contributed by atoms with Crippen LogP contribution in [0.2, 0.25) is 0 Å². The van der Waals surface area contributed by atoms with E-state index in [1.165, 1.54) is 7.05 Å². The number of aliphatic carboxylic acids is 1. The zero-order valence-electron chi connectivity index (χ0n) is 10.5. The minimum Gasteiger partial charge on any atom is -0.481 e. The van der Waals surface area contributed by atoms with Crippen LogP contribution in [0, 0.1) is 5.92 Å². The Morgan fingerprint density at radius 2 is 2.06 bits per heavy atom. The molecule has 0 unspecified atom stereocenters. The Morgan fingerprint density at radius 3 is 2.61 bits per heavy atom. The molecule has 0 aromatic heterocycles. The summed E-state index contributed by atoms with van der Waals surface area (Å²) in [5.41, 5.74) is 0. The normalized spacial score (nSPS) is 18.1. The molecule has 1 heterocycles. The molecule has 0 amide bonds. The van der Waals surface area contributed by atoms with Crippen LogP contribution >= 0.6 is 0 Å². The third kappa shape index (κ3) is 5.30. The number of nitrogens with one attached hydrogen (secondary N) is 1. The fraction of sp³-hybridized carbons (Fsp3) is 0.900. The van der Waals surface area contributed by atoms with Crippen molar-refractivity contribution in [2.45, 2.75) is 19.3 Å². The molecule has 1 aliphatic rings. The van der Waals surface area contributed by atoms with E-state index >= 15 is 0 Å². The average Bonchev–Trinajstić information content (AvgIpc) is 2.34. The largest absolute Gasteiger partial charge is 0.481 e. The Bertz CT molecular complexity index is 364. The Morgan fingerprint density at radius 1 is 1.44 bits per heavy atom. The van der Waals surface area contributed by atoms with Crippen LogP contribution in [0.15, 0.2) is 0 Å². The Hall–Kier alpha value is -0.700. The molecule has 1 fully saturated rings. The standard InChI is InChI=1S/C10H20N2O5S/c1-12(5-2-10(13)14)18(15,16)11-8-9-3-6-17-7-4-9/h9,11H,2-8H2,1H3,(H,13,14). The Kier molecular flexibility index (Phi) is 6.00. The van der Waals surface area contributed by atoms with Crippen molar-refractivity contribution in [2.75, 3.05) is 33.4 Å². The lowest BCUT2D eigenvalue weighted by Gasteiger charge is -2.23. The zero-order valence-corrected chi connectivity index (χ0v) is 11.3. The number of hydrogen-bond acceptors (Lipinski definition) is 4. The lowest BCUT2D eigenvalue weighted by molar-refractivity contribution is -0.137. The van der Waals surface area contributed by atoms with E-state index < -0.39 is 16.2 Å². The summed E-state index contributed by atoms with van der Waals surface area (Å²) in [7, 11) is -2.21. The van der Waals surface area contributed by atoms with Gasteiger partial charge in [-0.2, -0.15) is 12.7 Å². The minimum absolute atomic E-state index is 0.0293. The van der Waals surface area contributed by atoms with Crippen LogP contribution in [-0.4, -0.2) is 57.1 Å². The molecule has 8 heteroatoms. The van der Waals surface area contributed by atoms with E-state index in [2.05, 4.69) is 4.72 Å². The maximum absolute atomic E-state index is 11.8. The van der Waals surface area contributed by atoms with Crippen LogP contribution < -0.4 is 4.72 Å². The van der Waals surface area contributed by atoms with Gasteiger partial charge in [0.15, 0.2) is 0 Å². The summed E-state index contributed by atoms with van der Waals surface area (Å²) in [6.07, 6.45) is 1.50. The highest BCUT2D eigenvalue weighted by Gasteiger charge is 2.21. The topological polar surface area (TPSA) is 95.9 Å². The Labute approximate surface area is 107 Å².